The Bertz CT molecular complexity index is 979. The molecule has 1 aliphatic heterocycles. The molecule has 1 atom stereocenters. The molecule has 0 radical (unpaired) electrons. The Balaban J connectivity index is 1.53. The number of hydrogen-bond acceptors (Lipinski definition) is 3. The lowest BCUT2D eigenvalue weighted by Crippen LogP contribution is -2.50. The minimum Gasteiger partial charge on any atom is -0.465 e. The van der Waals surface area contributed by atoms with E-state index in [4.69, 9.17) is 5.11 Å². The first kappa shape index (κ1) is 18.3. The molecule has 1 aliphatic rings. The number of fused-ring (bicyclic) bond motifs is 3. The minimum atomic E-state index is -0.869. The SMILES string of the molecule is O=C(O)N1CCN(C[C@H](O)Cn2c3ccccc3c3cc(Br)ccc32)CC1. The van der Waals surface area contributed by atoms with Crippen LogP contribution in [0.25, 0.3) is 21.8 Å². The largest absolute Gasteiger partial charge is 0.465 e. The van der Waals surface area contributed by atoms with Gasteiger partial charge in [0.2, 0.25) is 0 Å². The summed E-state index contributed by atoms with van der Waals surface area (Å²) >= 11 is 3.55. The summed E-state index contributed by atoms with van der Waals surface area (Å²) in [6.45, 7) is 3.34. The maximum Gasteiger partial charge on any atom is 0.407 e. The molecular formula is C20H22BrN3O3. The quantitative estimate of drug-likeness (QED) is 0.665. The van der Waals surface area contributed by atoms with Gasteiger partial charge in [0.15, 0.2) is 0 Å². The number of amides is 1. The summed E-state index contributed by atoms with van der Waals surface area (Å²) in [6, 6.07) is 14.5. The highest BCUT2D eigenvalue weighted by molar-refractivity contribution is 9.10. The molecule has 1 saturated heterocycles. The van der Waals surface area contributed by atoms with Crippen LogP contribution in [0.4, 0.5) is 4.79 Å². The molecule has 0 bridgehead atoms. The standard InChI is InChI=1S/C20H22BrN3O3/c21-14-5-6-19-17(11-14)16-3-1-2-4-18(16)24(19)13-15(25)12-22-7-9-23(10-8-22)20(26)27/h1-6,11,15,25H,7-10,12-13H2,(H,26,27)/t15-/m0/s1. The summed E-state index contributed by atoms with van der Waals surface area (Å²) in [6.07, 6.45) is -1.39. The van der Waals surface area contributed by atoms with Gasteiger partial charge in [-0.25, -0.2) is 4.79 Å². The van der Waals surface area contributed by atoms with E-state index in [1.54, 1.807) is 0 Å². The second kappa shape index (κ2) is 7.50. The highest BCUT2D eigenvalue weighted by Crippen LogP contribution is 2.31. The third-order valence-electron chi connectivity index (χ3n) is 5.24. The normalized spacial score (nSPS) is 16.9. The molecule has 0 spiro atoms. The van der Waals surface area contributed by atoms with E-state index in [-0.39, 0.29) is 0 Å². The van der Waals surface area contributed by atoms with Crippen molar-refractivity contribution < 1.29 is 15.0 Å². The predicted molar refractivity (Wildman–Crippen MR) is 109 cm³/mol. The van der Waals surface area contributed by atoms with Crippen LogP contribution in [0.15, 0.2) is 46.9 Å². The summed E-state index contributed by atoms with van der Waals surface area (Å²) in [5.41, 5.74) is 2.22. The second-order valence-electron chi connectivity index (χ2n) is 7.01. The zero-order valence-corrected chi connectivity index (χ0v) is 16.5. The summed E-state index contributed by atoms with van der Waals surface area (Å²) in [5, 5.41) is 22.1. The van der Waals surface area contributed by atoms with Crippen LogP contribution in [0.2, 0.25) is 0 Å². The molecular weight excluding hydrogens is 410 g/mol. The van der Waals surface area contributed by atoms with E-state index in [1.165, 1.54) is 15.7 Å². The van der Waals surface area contributed by atoms with Gasteiger partial charge >= 0.3 is 6.09 Å². The molecule has 1 fully saturated rings. The van der Waals surface area contributed by atoms with Gasteiger partial charge < -0.3 is 19.7 Å². The number of β-amino-alcohol motifs (C(OH)–C–C–N with tert-alkyl or cyclic N) is 1. The molecule has 1 amide bonds. The van der Waals surface area contributed by atoms with E-state index in [2.05, 4.69) is 49.7 Å². The Morgan fingerprint density at radius 2 is 1.70 bits per heavy atom. The summed E-state index contributed by atoms with van der Waals surface area (Å²) in [4.78, 5) is 14.6. The van der Waals surface area contributed by atoms with Crippen LogP contribution in [0.5, 0.6) is 0 Å². The zero-order chi connectivity index (χ0) is 19.0. The average molecular weight is 432 g/mol. The van der Waals surface area contributed by atoms with Crippen molar-refractivity contribution in [3.63, 3.8) is 0 Å². The molecule has 2 aromatic carbocycles. The average Bonchev–Trinajstić information content (AvgIpc) is 2.95. The number of carbonyl (C=O) groups is 1. The summed E-state index contributed by atoms with van der Waals surface area (Å²) < 4.78 is 3.21. The number of aliphatic hydroxyl groups excluding tert-OH is 1. The number of benzene rings is 2. The Hall–Kier alpha value is -2.09. The van der Waals surface area contributed by atoms with Gasteiger partial charge in [-0.2, -0.15) is 0 Å². The Morgan fingerprint density at radius 1 is 1.00 bits per heavy atom. The minimum absolute atomic E-state index is 0.492. The van der Waals surface area contributed by atoms with Gasteiger partial charge in [-0.05, 0) is 24.3 Å². The molecule has 2 N–H and O–H groups in total. The predicted octanol–water partition coefficient (Wildman–Crippen LogP) is 3.21. The third-order valence-corrected chi connectivity index (χ3v) is 5.73. The highest BCUT2D eigenvalue weighted by Gasteiger charge is 2.22. The monoisotopic (exact) mass is 431 g/mol. The molecule has 2 heterocycles. The molecule has 0 saturated carbocycles. The number of aliphatic hydroxyl groups is 1. The van der Waals surface area contributed by atoms with Crippen LogP contribution in [0.3, 0.4) is 0 Å². The van der Waals surface area contributed by atoms with Crippen molar-refractivity contribution >= 4 is 43.8 Å². The first-order chi connectivity index (χ1) is 13.0. The Labute approximate surface area is 165 Å². The van der Waals surface area contributed by atoms with Crippen molar-refractivity contribution in [2.75, 3.05) is 32.7 Å². The molecule has 27 heavy (non-hydrogen) atoms. The molecule has 7 heteroatoms. The Morgan fingerprint density at radius 3 is 2.44 bits per heavy atom. The van der Waals surface area contributed by atoms with Gasteiger partial charge in [0.1, 0.15) is 0 Å². The van der Waals surface area contributed by atoms with Crippen LogP contribution < -0.4 is 0 Å². The molecule has 6 nitrogen and oxygen atoms in total. The van der Waals surface area contributed by atoms with E-state index < -0.39 is 12.2 Å². The third kappa shape index (κ3) is 3.67. The number of para-hydroxylation sites is 1. The lowest BCUT2D eigenvalue weighted by molar-refractivity contribution is 0.0639. The number of nitrogens with zero attached hydrogens (tertiary/aromatic N) is 3. The van der Waals surface area contributed by atoms with E-state index >= 15 is 0 Å². The lowest BCUT2D eigenvalue weighted by atomic mass is 10.2. The number of rotatable bonds is 4. The maximum atomic E-state index is 11.0. The van der Waals surface area contributed by atoms with E-state index in [0.717, 1.165) is 15.5 Å². The fraction of sp³-hybridized carbons (Fsp3) is 0.350. The van der Waals surface area contributed by atoms with Crippen LogP contribution in [-0.4, -0.2) is 69.5 Å². The number of carboxylic acid groups (broad SMARTS) is 1. The van der Waals surface area contributed by atoms with Gasteiger partial charge in [0.05, 0.1) is 12.6 Å². The first-order valence-electron chi connectivity index (χ1n) is 9.07. The van der Waals surface area contributed by atoms with Gasteiger partial charge in [-0.15, -0.1) is 0 Å². The fourth-order valence-corrected chi connectivity index (χ4v) is 4.27. The van der Waals surface area contributed by atoms with Crippen molar-refractivity contribution in [3.05, 3.63) is 46.9 Å². The van der Waals surface area contributed by atoms with E-state index in [1.807, 2.05) is 18.2 Å². The Kier molecular flexibility index (Phi) is 5.08. The van der Waals surface area contributed by atoms with Crippen LogP contribution >= 0.6 is 15.9 Å². The van der Waals surface area contributed by atoms with Gasteiger partial charge in [-0.3, -0.25) is 4.90 Å². The zero-order valence-electron chi connectivity index (χ0n) is 14.9. The molecule has 0 aliphatic carbocycles. The molecule has 4 rings (SSSR count). The van der Waals surface area contributed by atoms with Crippen molar-refractivity contribution in [2.45, 2.75) is 12.6 Å². The van der Waals surface area contributed by atoms with Crippen molar-refractivity contribution in [1.82, 2.24) is 14.4 Å². The molecule has 142 valence electrons. The topological polar surface area (TPSA) is 68.9 Å². The summed E-state index contributed by atoms with van der Waals surface area (Å²) in [5.74, 6) is 0. The lowest BCUT2D eigenvalue weighted by Gasteiger charge is -2.34. The number of hydrogen-bond donors (Lipinski definition) is 2. The van der Waals surface area contributed by atoms with Crippen molar-refractivity contribution in [1.29, 1.82) is 0 Å². The second-order valence-corrected chi connectivity index (χ2v) is 7.93. The molecule has 1 aromatic heterocycles. The number of aromatic nitrogens is 1. The fourth-order valence-electron chi connectivity index (χ4n) is 3.91. The van der Waals surface area contributed by atoms with Crippen molar-refractivity contribution in [2.24, 2.45) is 0 Å². The van der Waals surface area contributed by atoms with E-state index in [0.29, 0.717) is 39.3 Å². The van der Waals surface area contributed by atoms with Crippen LogP contribution in [0, 0.1) is 0 Å². The smallest absolute Gasteiger partial charge is 0.407 e. The first-order valence-corrected chi connectivity index (χ1v) is 9.87. The van der Waals surface area contributed by atoms with Crippen LogP contribution in [0.1, 0.15) is 0 Å². The van der Waals surface area contributed by atoms with Gasteiger partial charge in [-0.1, -0.05) is 34.1 Å². The number of piperazine rings is 1. The van der Waals surface area contributed by atoms with Gasteiger partial charge in [0, 0.05) is 59.0 Å². The summed E-state index contributed by atoms with van der Waals surface area (Å²) in [7, 11) is 0. The van der Waals surface area contributed by atoms with Crippen molar-refractivity contribution in [3.8, 4) is 0 Å². The number of halogens is 1. The molecule has 0 unspecified atom stereocenters. The van der Waals surface area contributed by atoms with Crippen LogP contribution in [-0.2, 0) is 6.54 Å². The van der Waals surface area contributed by atoms with E-state index in [9.17, 15) is 9.90 Å². The maximum absolute atomic E-state index is 11.0. The highest BCUT2D eigenvalue weighted by atomic mass is 79.9. The molecule has 3 aromatic rings. The van der Waals surface area contributed by atoms with Gasteiger partial charge in [0.25, 0.3) is 0 Å².